The number of carbonyl (C=O) groups excluding carboxylic acids is 1. The molecule has 0 N–H and O–H groups in total. The molecule has 0 spiro atoms. The number of cyclic esters (lactones) is 1. The van der Waals surface area contributed by atoms with Crippen molar-refractivity contribution in [3.05, 3.63) is 9.94 Å². The number of rotatable bonds is 1. The van der Waals surface area contributed by atoms with Gasteiger partial charge in [-0.2, -0.15) is 0 Å². The molecule has 0 radical (unpaired) electrons. The van der Waals surface area contributed by atoms with Gasteiger partial charge in [0.1, 0.15) is 11.6 Å². The molecule has 1 rings (SSSR count). The highest BCUT2D eigenvalue weighted by atomic mass is 35.5. The number of carbonyl (C=O) groups is 1. The van der Waals surface area contributed by atoms with Gasteiger partial charge in [0.2, 0.25) is 0 Å². The second-order valence-electron chi connectivity index (χ2n) is 3.53. The van der Waals surface area contributed by atoms with Gasteiger partial charge in [-0.05, 0) is 0 Å². The number of ether oxygens (including phenoxy) is 1. The summed E-state index contributed by atoms with van der Waals surface area (Å²) in [5.74, 6) is -0.400. The molecule has 1 aliphatic heterocycles. The topological polar surface area (TPSA) is 26.3 Å². The van der Waals surface area contributed by atoms with E-state index in [1.165, 1.54) is 0 Å². The van der Waals surface area contributed by atoms with E-state index in [0.717, 1.165) is 4.91 Å². The number of hydrogen-bond donors (Lipinski definition) is 0. The van der Waals surface area contributed by atoms with E-state index in [1.807, 2.05) is 0 Å². The van der Waals surface area contributed by atoms with Crippen LogP contribution in [0.25, 0.3) is 0 Å². The zero-order valence-corrected chi connectivity index (χ0v) is 8.88. The first-order valence-corrected chi connectivity index (χ1v) is 4.84. The lowest BCUT2D eigenvalue weighted by Crippen LogP contribution is -2.08. The fourth-order valence-electron chi connectivity index (χ4n) is 0.816. The minimum Gasteiger partial charge on any atom is -0.456 e. The van der Waals surface area contributed by atoms with Gasteiger partial charge >= 0.3 is 5.97 Å². The maximum atomic E-state index is 10.8. The Balaban J connectivity index is 2.71. The summed E-state index contributed by atoms with van der Waals surface area (Å²) < 4.78 is 4.83. The van der Waals surface area contributed by atoms with Crippen LogP contribution >= 0.6 is 23.4 Å². The SMILES string of the molecule is CC(C)(C)SC1=C(Cl)C(=O)OC1. The third kappa shape index (κ3) is 2.42. The third-order valence-corrected chi connectivity index (χ3v) is 2.86. The summed E-state index contributed by atoms with van der Waals surface area (Å²) in [5.41, 5.74) is 0. The first-order chi connectivity index (χ1) is 5.40. The van der Waals surface area contributed by atoms with E-state index in [0.29, 0.717) is 6.61 Å². The highest BCUT2D eigenvalue weighted by molar-refractivity contribution is 8.04. The Kier molecular flexibility index (Phi) is 2.74. The summed E-state index contributed by atoms with van der Waals surface area (Å²) in [6.45, 7) is 6.53. The van der Waals surface area contributed by atoms with Crippen molar-refractivity contribution in [2.45, 2.75) is 25.5 Å². The highest BCUT2D eigenvalue weighted by Crippen LogP contribution is 2.37. The van der Waals surface area contributed by atoms with Crippen LogP contribution in [0.4, 0.5) is 0 Å². The van der Waals surface area contributed by atoms with E-state index in [2.05, 4.69) is 20.8 Å². The molecule has 12 heavy (non-hydrogen) atoms. The monoisotopic (exact) mass is 206 g/mol. The predicted octanol–water partition coefficient (Wildman–Crippen LogP) is 2.53. The molecule has 2 nitrogen and oxygen atoms in total. The molecular formula is C8H11ClO2S. The largest absolute Gasteiger partial charge is 0.456 e. The van der Waals surface area contributed by atoms with Crippen LogP contribution in [0.1, 0.15) is 20.8 Å². The Morgan fingerprint density at radius 3 is 2.42 bits per heavy atom. The Morgan fingerprint density at radius 2 is 2.08 bits per heavy atom. The van der Waals surface area contributed by atoms with Crippen molar-refractivity contribution in [3.63, 3.8) is 0 Å². The van der Waals surface area contributed by atoms with E-state index < -0.39 is 5.97 Å². The van der Waals surface area contributed by atoms with Crippen molar-refractivity contribution in [3.8, 4) is 0 Å². The molecule has 68 valence electrons. The Labute approximate surface area is 81.3 Å². The van der Waals surface area contributed by atoms with Crippen molar-refractivity contribution in [1.29, 1.82) is 0 Å². The van der Waals surface area contributed by atoms with Crippen LogP contribution in [0.5, 0.6) is 0 Å². The molecule has 1 heterocycles. The zero-order chi connectivity index (χ0) is 9.35. The van der Waals surface area contributed by atoms with Crippen LogP contribution in [0.2, 0.25) is 0 Å². The van der Waals surface area contributed by atoms with Crippen molar-refractivity contribution in [1.82, 2.24) is 0 Å². The van der Waals surface area contributed by atoms with Gasteiger partial charge in [-0.3, -0.25) is 0 Å². The maximum Gasteiger partial charge on any atom is 0.351 e. The summed E-state index contributed by atoms with van der Waals surface area (Å²) in [5, 5.41) is 0.245. The predicted molar refractivity (Wildman–Crippen MR) is 51.2 cm³/mol. The average molecular weight is 207 g/mol. The van der Waals surface area contributed by atoms with Gasteiger partial charge in [-0.1, -0.05) is 32.4 Å². The second kappa shape index (κ2) is 3.30. The molecule has 0 saturated carbocycles. The summed E-state index contributed by atoms with van der Waals surface area (Å²) in [6, 6.07) is 0. The van der Waals surface area contributed by atoms with Crippen LogP contribution in [0.15, 0.2) is 9.94 Å². The van der Waals surface area contributed by atoms with Crippen LogP contribution in [-0.4, -0.2) is 17.3 Å². The first-order valence-electron chi connectivity index (χ1n) is 3.65. The molecule has 0 aliphatic carbocycles. The summed E-state index contributed by atoms with van der Waals surface area (Å²) in [6.07, 6.45) is 0. The van der Waals surface area contributed by atoms with E-state index in [4.69, 9.17) is 16.3 Å². The smallest absolute Gasteiger partial charge is 0.351 e. The zero-order valence-electron chi connectivity index (χ0n) is 7.31. The van der Waals surface area contributed by atoms with Crippen LogP contribution in [0, 0.1) is 0 Å². The molecule has 4 heteroatoms. The first kappa shape index (κ1) is 9.93. The maximum absolute atomic E-state index is 10.8. The van der Waals surface area contributed by atoms with Crippen LogP contribution in [0.3, 0.4) is 0 Å². The second-order valence-corrected chi connectivity index (χ2v) is 5.83. The van der Waals surface area contributed by atoms with Crippen molar-refractivity contribution in [2.75, 3.05) is 6.61 Å². The van der Waals surface area contributed by atoms with Gasteiger partial charge in [-0.15, -0.1) is 11.8 Å². The van der Waals surface area contributed by atoms with Gasteiger partial charge in [0, 0.05) is 9.65 Å². The molecule has 0 aromatic heterocycles. The van der Waals surface area contributed by atoms with E-state index in [9.17, 15) is 4.79 Å². The van der Waals surface area contributed by atoms with E-state index >= 15 is 0 Å². The molecule has 0 atom stereocenters. The molecule has 0 saturated heterocycles. The Morgan fingerprint density at radius 1 is 1.50 bits per heavy atom. The third-order valence-electron chi connectivity index (χ3n) is 1.19. The normalized spacial score (nSPS) is 18.5. The fourth-order valence-corrected chi connectivity index (χ4v) is 2.07. The fraction of sp³-hybridized carbons (Fsp3) is 0.625. The van der Waals surface area contributed by atoms with Crippen molar-refractivity contribution in [2.24, 2.45) is 0 Å². The highest BCUT2D eigenvalue weighted by Gasteiger charge is 2.26. The summed E-state index contributed by atoms with van der Waals surface area (Å²) >= 11 is 7.30. The average Bonchev–Trinajstić information content (AvgIpc) is 2.16. The molecular weight excluding hydrogens is 196 g/mol. The summed E-state index contributed by atoms with van der Waals surface area (Å²) in [7, 11) is 0. The number of hydrogen-bond acceptors (Lipinski definition) is 3. The van der Waals surface area contributed by atoms with Gasteiger partial charge in [0.05, 0.1) is 0 Å². The lowest BCUT2D eigenvalue weighted by molar-refractivity contribution is -0.135. The molecule has 0 fully saturated rings. The molecule has 0 aromatic rings. The van der Waals surface area contributed by atoms with E-state index in [-0.39, 0.29) is 9.78 Å². The van der Waals surface area contributed by atoms with Gasteiger partial charge < -0.3 is 4.74 Å². The Bertz CT molecular complexity index is 240. The molecule has 0 aromatic carbocycles. The summed E-state index contributed by atoms with van der Waals surface area (Å²) in [4.78, 5) is 11.7. The molecule has 1 aliphatic rings. The van der Waals surface area contributed by atoms with Crippen LogP contribution < -0.4 is 0 Å². The number of esters is 1. The van der Waals surface area contributed by atoms with Gasteiger partial charge in [0.15, 0.2) is 0 Å². The minimum absolute atomic E-state index is 0.0729. The van der Waals surface area contributed by atoms with Crippen LogP contribution in [-0.2, 0) is 9.53 Å². The molecule has 0 unspecified atom stereocenters. The number of halogens is 1. The van der Waals surface area contributed by atoms with Gasteiger partial charge in [0.25, 0.3) is 0 Å². The van der Waals surface area contributed by atoms with Crippen molar-refractivity contribution < 1.29 is 9.53 Å². The Hall–Kier alpha value is -0.150. The quantitative estimate of drug-likeness (QED) is 0.617. The van der Waals surface area contributed by atoms with Gasteiger partial charge in [-0.25, -0.2) is 4.79 Å². The minimum atomic E-state index is -0.400. The molecule has 0 amide bonds. The molecule has 0 bridgehead atoms. The lowest BCUT2D eigenvalue weighted by Gasteiger charge is -2.17. The van der Waals surface area contributed by atoms with Crippen molar-refractivity contribution >= 4 is 29.3 Å². The standard InChI is InChI=1S/C8H11ClO2S/c1-8(2,3)12-5-4-11-7(10)6(5)9/h4H2,1-3H3. The number of thioether (sulfide) groups is 1. The van der Waals surface area contributed by atoms with E-state index in [1.54, 1.807) is 11.8 Å². The lowest BCUT2D eigenvalue weighted by atomic mass is 10.3.